The van der Waals surface area contributed by atoms with E-state index < -0.39 is 17.5 Å². The summed E-state index contributed by atoms with van der Waals surface area (Å²) in [5, 5.41) is 10.9. The quantitative estimate of drug-likeness (QED) is 0.836. The minimum Gasteiger partial charge on any atom is -0.369 e. The van der Waals surface area contributed by atoms with Gasteiger partial charge in [0.1, 0.15) is 11.6 Å². The number of anilines is 1. The Hall–Kier alpha value is -1.29. The van der Waals surface area contributed by atoms with Crippen molar-refractivity contribution in [2.24, 2.45) is 0 Å². The minimum absolute atomic E-state index is 0.0369. The Labute approximate surface area is 109 Å². The Balaban J connectivity index is 2.33. The van der Waals surface area contributed by atoms with Gasteiger partial charge < -0.3 is 5.32 Å². The highest BCUT2D eigenvalue weighted by Crippen LogP contribution is 2.51. The molecule has 96 valence electrons. The third kappa shape index (κ3) is 2.05. The summed E-state index contributed by atoms with van der Waals surface area (Å²) in [4.78, 5) is 0. The van der Waals surface area contributed by atoms with Crippen molar-refractivity contribution in [1.29, 1.82) is 5.26 Å². The van der Waals surface area contributed by atoms with Gasteiger partial charge in [0.2, 0.25) is 0 Å². The van der Waals surface area contributed by atoms with Gasteiger partial charge in [-0.1, -0.05) is 0 Å². The molecule has 0 saturated heterocycles. The molecule has 0 aromatic heterocycles. The number of nitriles is 1. The second kappa shape index (κ2) is 4.12. The first kappa shape index (κ1) is 13.1. The number of halogens is 5. The average Bonchev–Trinajstić information content (AvgIpc) is 3.06. The summed E-state index contributed by atoms with van der Waals surface area (Å²) in [7, 11) is 0. The number of nitrogens with one attached hydrogen (secondary N) is 1. The maximum Gasteiger partial charge on any atom is 0.411 e. The Morgan fingerprint density at radius 2 is 1.94 bits per heavy atom. The highest BCUT2D eigenvalue weighted by Gasteiger charge is 2.63. The van der Waals surface area contributed by atoms with E-state index >= 15 is 0 Å². The minimum atomic E-state index is -4.42. The lowest BCUT2D eigenvalue weighted by Crippen LogP contribution is -2.38. The normalized spacial score (nSPS) is 17.1. The molecule has 18 heavy (non-hydrogen) atoms. The van der Waals surface area contributed by atoms with Crippen LogP contribution in [0.4, 0.5) is 23.2 Å². The van der Waals surface area contributed by atoms with E-state index in [4.69, 9.17) is 5.26 Å². The number of nitrogens with zero attached hydrogens (tertiary/aromatic N) is 1. The van der Waals surface area contributed by atoms with Crippen molar-refractivity contribution < 1.29 is 17.6 Å². The van der Waals surface area contributed by atoms with E-state index in [0.29, 0.717) is 0 Å². The Kier molecular flexibility index (Phi) is 3.01. The molecule has 0 spiro atoms. The summed E-state index contributed by atoms with van der Waals surface area (Å²) >= 11 is 2.85. The van der Waals surface area contributed by atoms with E-state index in [1.54, 1.807) is 6.07 Å². The number of benzene rings is 1. The molecule has 0 unspecified atom stereocenters. The zero-order chi connectivity index (χ0) is 13.6. The second-order valence-corrected chi connectivity index (χ2v) is 4.90. The summed E-state index contributed by atoms with van der Waals surface area (Å²) in [6.07, 6.45) is -4.57. The molecule has 2 nitrogen and oxygen atoms in total. The third-order valence-corrected chi connectivity index (χ3v) is 3.64. The number of hydrogen-bond donors (Lipinski definition) is 1. The maximum absolute atomic E-state index is 13.8. The SMILES string of the molecule is N#Cc1ccc(NC2(C(F)(F)F)CC2)c(F)c1Br. The van der Waals surface area contributed by atoms with E-state index in [0.717, 1.165) is 6.07 Å². The van der Waals surface area contributed by atoms with Gasteiger partial charge in [-0.15, -0.1) is 0 Å². The van der Waals surface area contributed by atoms with Gasteiger partial charge in [-0.05, 0) is 40.9 Å². The topological polar surface area (TPSA) is 35.8 Å². The van der Waals surface area contributed by atoms with Crippen molar-refractivity contribution >= 4 is 21.6 Å². The van der Waals surface area contributed by atoms with Gasteiger partial charge in [0, 0.05) is 0 Å². The highest BCUT2D eigenvalue weighted by atomic mass is 79.9. The van der Waals surface area contributed by atoms with Crippen LogP contribution in [0.1, 0.15) is 18.4 Å². The van der Waals surface area contributed by atoms with E-state index in [1.165, 1.54) is 6.07 Å². The molecule has 0 heterocycles. The maximum atomic E-state index is 13.8. The molecule has 1 aliphatic rings. The van der Waals surface area contributed by atoms with Gasteiger partial charge in [-0.3, -0.25) is 0 Å². The lowest BCUT2D eigenvalue weighted by molar-refractivity contribution is -0.151. The molecule has 0 radical (unpaired) electrons. The second-order valence-electron chi connectivity index (χ2n) is 4.11. The molecule has 2 rings (SSSR count). The first-order chi connectivity index (χ1) is 8.31. The van der Waals surface area contributed by atoms with Crippen molar-refractivity contribution in [3.63, 3.8) is 0 Å². The van der Waals surface area contributed by atoms with E-state index in [-0.39, 0.29) is 28.6 Å². The molecule has 0 bridgehead atoms. The van der Waals surface area contributed by atoms with Gasteiger partial charge in [0.05, 0.1) is 15.7 Å². The van der Waals surface area contributed by atoms with Crippen molar-refractivity contribution in [1.82, 2.24) is 0 Å². The predicted octanol–water partition coefficient (Wildman–Crippen LogP) is 3.97. The Morgan fingerprint density at radius 1 is 1.33 bits per heavy atom. The van der Waals surface area contributed by atoms with Crippen LogP contribution in [0, 0.1) is 17.1 Å². The Morgan fingerprint density at radius 3 is 2.39 bits per heavy atom. The molecular formula is C11H7BrF4N2. The lowest BCUT2D eigenvalue weighted by atomic mass is 10.1. The summed E-state index contributed by atoms with van der Waals surface area (Å²) in [5.41, 5.74) is -2.24. The molecule has 1 aromatic rings. The fourth-order valence-corrected chi connectivity index (χ4v) is 2.03. The van der Waals surface area contributed by atoms with Crippen molar-refractivity contribution in [2.75, 3.05) is 5.32 Å². The zero-order valence-electron chi connectivity index (χ0n) is 8.91. The van der Waals surface area contributed by atoms with Crippen LogP contribution in [0.15, 0.2) is 16.6 Å². The monoisotopic (exact) mass is 322 g/mol. The molecule has 1 aliphatic carbocycles. The smallest absolute Gasteiger partial charge is 0.369 e. The van der Waals surface area contributed by atoms with E-state index in [2.05, 4.69) is 21.2 Å². The van der Waals surface area contributed by atoms with Gasteiger partial charge in [0.15, 0.2) is 5.82 Å². The van der Waals surface area contributed by atoms with Crippen LogP contribution in [0.5, 0.6) is 0 Å². The fourth-order valence-electron chi connectivity index (χ4n) is 1.59. The summed E-state index contributed by atoms with van der Waals surface area (Å²) < 4.78 is 51.8. The fraction of sp³-hybridized carbons (Fsp3) is 0.364. The molecular weight excluding hydrogens is 316 g/mol. The van der Waals surface area contributed by atoms with Crippen molar-refractivity contribution in [3.8, 4) is 6.07 Å². The number of alkyl halides is 3. The zero-order valence-corrected chi connectivity index (χ0v) is 10.5. The van der Waals surface area contributed by atoms with Crippen LogP contribution in [0.2, 0.25) is 0 Å². The van der Waals surface area contributed by atoms with Crippen LogP contribution in [0.25, 0.3) is 0 Å². The van der Waals surface area contributed by atoms with Crippen molar-refractivity contribution in [3.05, 3.63) is 28.0 Å². The molecule has 1 saturated carbocycles. The molecule has 0 amide bonds. The number of rotatable bonds is 2. The largest absolute Gasteiger partial charge is 0.411 e. The van der Waals surface area contributed by atoms with Gasteiger partial charge in [0.25, 0.3) is 0 Å². The molecule has 1 aromatic carbocycles. The molecule has 1 N–H and O–H groups in total. The predicted molar refractivity (Wildman–Crippen MR) is 60.5 cm³/mol. The summed E-state index contributed by atoms with van der Waals surface area (Å²) in [6.45, 7) is 0. The number of hydrogen-bond acceptors (Lipinski definition) is 2. The summed E-state index contributed by atoms with van der Waals surface area (Å²) in [6, 6.07) is 4.14. The first-order valence-corrected chi connectivity index (χ1v) is 5.83. The van der Waals surface area contributed by atoms with E-state index in [1.807, 2.05) is 0 Å². The van der Waals surface area contributed by atoms with Crippen molar-refractivity contribution in [2.45, 2.75) is 24.6 Å². The Bertz CT molecular complexity index is 529. The average molecular weight is 323 g/mol. The van der Waals surface area contributed by atoms with Gasteiger partial charge in [-0.25, -0.2) is 4.39 Å². The van der Waals surface area contributed by atoms with Crippen LogP contribution in [0.3, 0.4) is 0 Å². The van der Waals surface area contributed by atoms with E-state index in [9.17, 15) is 17.6 Å². The van der Waals surface area contributed by atoms with Crippen LogP contribution in [-0.4, -0.2) is 11.7 Å². The van der Waals surface area contributed by atoms with Gasteiger partial charge in [-0.2, -0.15) is 18.4 Å². The summed E-state index contributed by atoms with van der Waals surface area (Å²) in [5.74, 6) is -0.885. The molecule has 0 atom stereocenters. The molecule has 0 aliphatic heterocycles. The highest BCUT2D eigenvalue weighted by molar-refractivity contribution is 9.10. The molecule has 1 fully saturated rings. The molecule has 7 heteroatoms. The van der Waals surface area contributed by atoms with Crippen LogP contribution < -0.4 is 5.32 Å². The standard InChI is InChI=1S/C11H7BrF4N2/c12-8-6(5-17)1-2-7(9(8)13)18-10(3-4-10)11(14,15)16/h1-2,18H,3-4H2. The van der Waals surface area contributed by atoms with Crippen LogP contribution in [-0.2, 0) is 0 Å². The van der Waals surface area contributed by atoms with Crippen LogP contribution >= 0.6 is 15.9 Å². The first-order valence-electron chi connectivity index (χ1n) is 5.04. The lowest BCUT2D eigenvalue weighted by Gasteiger charge is -2.22. The third-order valence-electron chi connectivity index (χ3n) is 2.87. The van der Waals surface area contributed by atoms with Gasteiger partial charge >= 0.3 is 6.18 Å².